The zero-order chi connectivity index (χ0) is 13.0. The van der Waals surface area contributed by atoms with Crippen LogP contribution in [0.3, 0.4) is 0 Å². The van der Waals surface area contributed by atoms with E-state index in [1.165, 1.54) is 11.3 Å². The van der Waals surface area contributed by atoms with Crippen LogP contribution in [-0.2, 0) is 0 Å². The molecule has 0 unspecified atom stereocenters. The third kappa shape index (κ3) is 3.30. The van der Waals surface area contributed by atoms with Gasteiger partial charge in [0.05, 0.1) is 5.69 Å². The summed E-state index contributed by atoms with van der Waals surface area (Å²) in [6, 6.07) is 9.77. The number of nitrogens with one attached hydrogen (secondary N) is 2. The number of nitrogens with zero attached hydrogens (tertiary/aromatic N) is 1. The summed E-state index contributed by atoms with van der Waals surface area (Å²) in [5.74, 6) is 0. The molecule has 2 amide bonds. The number of urea groups is 1. The van der Waals surface area contributed by atoms with Crippen molar-refractivity contribution < 1.29 is 4.79 Å². The largest absolute Gasteiger partial charge is 0.336 e. The van der Waals surface area contributed by atoms with Crippen molar-refractivity contribution in [1.29, 1.82) is 0 Å². The van der Waals surface area contributed by atoms with Gasteiger partial charge >= 0.3 is 6.03 Å². The molecule has 18 heavy (non-hydrogen) atoms. The Morgan fingerprint density at radius 2 is 2.00 bits per heavy atom. The van der Waals surface area contributed by atoms with Gasteiger partial charge in [0.2, 0.25) is 0 Å². The number of carbonyl (C=O) groups is 1. The van der Waals surface area contributed by atoms with Crippen LogP contribution in [0, 0.1) is 0 Å². The zero-order valence-electron chi connectivity index (χ0n) is 10.3. The van der Waals surface area contributed by atoms with Crippen LogP contribution >= 0.6 is 11.3 Å². The molecule has 2 rings (SSSR count). The molecule has 0 atom stereocenters. The second-order valence-electron chi connectivity index (χ2n) is 4.16. The van der Waals surface area contributed by atoms with E-state index in [1.54, 1.807) is 0 Å². The highest BCUT2D eigenvalue weighted by Crippen LogP contribution is 2.24. The summed E-state index contributed by atoms with van der Waals surface area (Å²) in [4.78, 5) is 15.9. The van der Waals surface area contributed by atoms with Gasteiger partial charge in [-0.15, -0.1) is 11.3 Å². The molecule has 0 saturated carbocycles. The summed E-state index contributed by atoms with van der Waals surface area (Å²) in [6.07, 6.45) is 0. The molecule has 1 aromatic heterocycles. The molecule has 0 fully saturated rings. The van der Waals surface area contributed by atoms with Crippen molar-refractivity contribution in [3.63, 3.8) is 0 Å². The van der Waals surface area contributed by atoms with Gasteiger partial charge in [0.15, 0.2) is 5.13 Å². The smallest absolute Gasteiger partial charge is 0.321 e. The molecule has 0 aliphatic rings. The highest BCUT2D eigenvalue weighted by molar-refractivity contribution is 7.14. The van der Waals surface area contributed by atoms with E-state index in [0.29, 0.717) is 5.13 Å². The first-order valence-corrected chi connectivity index (χ1v) is 6.61. The van der Waals surface area contributed by atoms with Crippen molar-refractivity contribution in [2.24, 2.45) is 0 Å². The fourth-order valence-electron chi connectivity index (χ4n) is 1.47. The quantitative estimate of drug-likeness (QED) is 0.890. The van der Waals surface area contributed by atoms with Crippen LogP contribution in [-0.4, -0.2) is 17.1 Å². The Bertz CT molecular complexity index is 522. The summed E-state index contributed by atoms with van der Waals surface area (Å²) >= 11 is 1.42. The molecule has 0 radical (unpaired) electrons. The number of amides is 2. The van der Waals surface area contributed by atoms with Crippen molar-refractivity contribution in [2.45, 2.75) is 19.9 Å². The van der Waals surface area contributed by atoms with E-state index >= 15 is 0 Å². The first-order valence-electron chi connectivity index (χ1n) is 5.73. The topological polar surface area (TPSA) is 54.0 Å². The van der Waals surface area contributed by atoms with Gasteiger partial charge < -0.3 is 5.32 Å². The summed E-state index contributed by atoms with van der Waals surface area (Å²) in [7, 11) is 0. The van der Waals surface area contributed by atoms with Gasteiger partial charge in [0, 0.05) is 17.0 Å². The normalized spacial score (nSPS) is 10.4. The molecular formula is C13H15N3OS. The van der Waals surface area contributed by atoms with Crippen LogP contribution in [0.5, 0.6) is 0 Å². The number of carbonyl (C=O) groups excluding carboxylic acids is 1. The fraction of sp³-hybridized carbons (Fsp3) is 0.231. The predicted molar refractivity (Wildman–Crippen MR) is 74.8 cm³/mol. The van der Waals surface area contributed by atoms with Gasteiger partial charge in [-0.2, -0.15) is 0 Å². The molecule has 0 spiro atoms. The van der Waals surface area contributed by atoms with Crippen molar-refractivity contribution in [3.05, 3.63) is 35.7 Å². The third-order valence-corrected chi connectivity index (χ3v) is 2.97. The van der Waals surface area contributed by atoms with Crippen LogP contribution < -0.4 is 10.6 Å². The second-order valence-corrected chi connectivity index (χ2v) is 5.02. The van der Waals surface area contributed by atoms with E-state index in [1.807, 2.05) is 49.6 Å². The average Bonchev–Trinajstić information content (AvgIpc) is 2.77. The molecule has 5 heteroatoms. The molecule has 0 saturated heterocycles. The molecule has 2 aromatic rings. The fourth-order valence-corrected chi connectivity index (χ4v) is 2.18. The van der Waals surface area contributed by atoms with E-state index in [0.717, 1.165) is 11.3 Å². The number of rotatable bonds is 3. The average molecular weight is 261 g/mol. The summed E-state index contributed by atoms with van der Waals surface area (Å²) in [5, 5.41) is 8.01. The van der Waals surface area contributed by atoms with Crippen molar-refractivity contribution in [3.8, 4) is 11.3 Å². The minimum atomic E-state index is -0.223. The lowest BCUT2D eigenvalue weighted by atomic mass is 10.2. The van der Waals surface area contributed by atoms with E-state index in [9.17, 15) is 4.79 Å². The molecule has 0 aliphatic heterocycles. The summed E-state index contributed by atoms with van der Waals surface area (Å²) in [6.45, 7) is 3.83. The van der Waals surface area contributed by atoms with Crippen LogP contribution in [0.15, 0.2) is 35.7 Å². The molecule has 0 bridgehead atoms. The Hall–Kier alpha value is -1.88. The molecular weight excluding hydrogens is 246 g/mol. The van der Waals surface area contributed by atoms with Crippen molar-refractivity contribution >= 4 is 22.5 Å². The van der Waals surface area contributed by atoms with Gasteiger partial charge in [-0.25, -0.2) is 9.78 Å². The standard InChI is InChI=1S/C13H15N3OS/c1-9(2)14-12(17)16-13-15-11(8-18-13)10-6-4-3-5-7-10/h3-9H,1-2H3,(H2,14,15,16,17). The second kappa shape index (κ2) is 5.64. The Labute approximate surface area is 110 Å². The SMILES string of the molecule is CC(C)NC(=O)Nc1nc(-c2ccccc2)cs1. The minimum absolute atomic E-state index is 0.110. The number of hydrogen-bond acceptors (Lipinski definition) is 3. The van der Waals surface area contributed by atoms with Gasteiger partial charge in [0.25, 0.3) is 0 Å². The Morgan fingerprint density at radius 3 is 2.67 bits per heavy atom. The maximum absolute atomic E-state index is 11.5. The highest BCUT2D eigenvalue weighted by Gasteiger charge is 2.08. The Balaban J connectivity index is 2.05. The molecule has 2 N–H and O–H groups in total. The monoisotopic (exact) mass is 261 g/mol. The number of thiazole rings is 1. The van der Waals surface area contributed by atoms with Gasteiger partial charge in [-0.05, 0) is 13.8 Å². The van der Waals surface area contributed by atoms with E-state index < -0.39 is 0 Å². The first-order chi connectivity index (χ1) is 8.65. The van der Waals surface area contributed by atoms with Crippen LogP contribution in [0.4, 0.5) is 9.93 Å². The number of benzene rings is 1. The predicted octanol–water partition coefficient (Wildman–Crippen LogP) is 3.34. The first kappa shape index (κ1) is 12.6. The van der Waals surface area contributed by atoms with Gasteiger partial charge in [-0.1, -0.05) is 30.3 Å². The molecule has 1 aromatic carbocycles. The highest BCUT2D eigenvalue weighted by atomic mass is 32.1. The number of aromatic nitrogens is 1. The lowest BCUT2D eigenvalue weighted by Gasteiger charge is -2.07. The molecule has 94 valence electrons. The van der Waals surface area contributed by atoms with Crippen molar-refractivity contribution in [2.75, 3.05) is 5.32 Å². The van der Waals surface area contributed by atoms with E-state index in [2.05, 4.69) is 15.6 Å². The third-order valence-electron chi connectivity index (χ3n) is 2.21. The number of anilines is 1. The molecule has 4 nitrogen and oxygen atoms in total. The van der Waals surface area contributed by atoms with Crippen LogP contribution in [0.1, 0.15) is 13.8 Å². The lowest BCUT2D eigenvalue weighted by molar-refractivity contribution is 0.250. The lowest BCUT2D eigenvalue weighted by Crippen LogP contribution is -2.34. The minimum Gasteiger partial charge on any atom is -0.336 e. The number of hydrogen-bond donors (Lipinski definition) is 2. The van der Waals surface area contributed by atoms with E-state index in [-0.39, 0.29) is 12.1 Å². The Morgan fingerprint density at radius 1 is 1.28 bits per heavy atom. The summed E-state index contributed by atoms with van der Waals surface area (Å²) < 4.78 is 0. The molecule has 1 heterocycles. The molecule has 0 aliphatic carbocycles. The van der Waals surface area contributed by atoms with Crippen LogP contribution in [0.2, 0.25) is 0 Å². The van der Waals surface area contributed by atoms with Gasteiger partial charge in [-0.3, -0.25) is 5.32 Å². The Kier molecular flexibility index (Phi) is 3.94. The van der Waals surface area contributed by atoms with Gasteiger partial charge in [0.1, 0.15) is 0 Å². The zero-order valence-corrected chi connectivity index (χ0v) is 11.1. The van der Waals surface area contributed by atoms with E-state index in [4.69, 9.17) is 0 Å². The van der Waals surface area contributed by atoms with Crippen molar-refractivity contribution in [1.82, 2.24) is 10.3 Å². The van der Waals surface area contributed by atoms with Crippen LogP contribution in [0.25, 0.3) is 11.3 Å². The summed E-state index contributed by atoms with van der Waals surface area (Å²) in [5.41, 5.74) is 1.92. The maximum Gasteiger partial charge on any atom is 0.321 e. The maximum atomic E-state index is 11.5.